The molecule has 2 N–H and O–H groups in total. The van der Waals surface area contributed by atoms with Gasteiger partial charge in [0.1, 0.15) is 0 Å². The normalized spacial score (nSPS) is 42.5. The van der Waals surface area contributed by atoms with E-state index < -0.39 is 0 Å². The Morgan fingerprint density at radius 1 is 1.38 bits per heavy atom. The molecule has 0 amide bonds. The minimum atomic E-state index is 0.416. The predicted molar refractivity (Wildman–Crippen MR) is 59.1 cm³/mol. The highest BCUT2D eigenvalue weighted by Gasteiger charge is 2.31. The molecule has 2 rings (SSSR count). The fourth-order valence-corrected chi connectivity index (χ4v) is 3.73. The molecule has 0 aliphatic carbocycles. The topological polar surface area (TPSA) is 29.3 Å². The van der Waals surface area contributed by atoms with E-state index in [-0.39, 0.29) is 0 Å². The van der Waals surface area contributed by atoms with Gasteiger partial charge in [0.15, 0.2) is 0 Å². The van der Waals surface area contributed by atoms with Gasteiger partial charge in [-0.25, -0.2) is 0 Å². The molecule has 3 atom stereocenters. The Morgan fingerprint density at radius 3 is 2.92 bits per heavy atom. The molecule has 0 bridgehead atoms. The van der Waals surface area contributed by atoms with Gasteiger partial charge in [0.05, 0.1) is 0 Å². The molecule has 2 aliphatic rings. The molecule has 0 saturated carbocycles. The lowest BCUT2D eigenvalue weighted by atomic mass is 9.96. The van der Waals surface area contributed by atoms with E-state index >= 15 is 0 Å². The first kappa shape index (κ1) is 9.81. The summed E-state index contributed by atoms with van der Waals surface area (Å²) in [6.07, 6.45) is 3.89. The minimum absolute atomic E-state index is 0.416. The highest BCUT2D eigenvalue weighted by molar-refractivity contribution is 7.99. The highest BCUT2D eigenvalue weighted by atomic mass is 32.2. The largest absolute Gasteiger partial charge is 0.326 e. The van der Waals surface area contributed by atoms with Gasteiger partial charge >= 0.3 is 0 Å². The molecule has 2 fully saturated rings. The standard InChI is InChI=1S/C10H20N2S/c1-8-10(11)3-2-5-12(8)9-4-6-13-7-9/h8-10H,2-7,11H2,1H3. The van der Waals surface area contributed by atoms with Crippen LogP contribution in [0.1, 0.15) is 26.2 Å². The lowest BCUT2D eigenvalue weighted by molar-refractivity contribution is 0.101. The first-order valence-electron chi connectivity index (χ1n) is 5.38. The maximum atomic E-state index is 6.09. The zero-order valence-electron chi connectivity index (χ0n) is 8.41. The molecule has 3 heteroatoms. The number of likely N-dealkylation sites (tertiary alicyclic amines) is 1. The van der Waals surface area contributed by atoms with E-state index in [0.29, 0.717) is 12.1 Å². The smallest absolute Gasteiger partial charge is 0.0222 e. The average Bonchev–Trinajstić information content (AvgIpc) is 2.62. The molecular formula is C10H20N2S. The van der Waals surface area contributed by atoms with Crippen molar-refractivity contribution >= 4 is 11.8 Å². The number of rotatable bonds is 1. The number of thioether (sulfide) groups is 1. The van der Waals surface area contributed by atoms with Gasteiger partial charge in [0, 0.05) is 23.9 Å². The third kappa shape index (κ3) is 2.03. The second-order valence-corrected chi connectivity index (χ2v) is 5.45. The van der Waals surface area contributed by atoms with Gasteiger partial charge < -0.3 is 5.73 Å². The van der Waals surface area contributed by atoms with Crippen molar-refractivity contribution in [3.05, 3.63) is 0 Å². The lowest BCUT2D eigenvalue weighted by Gasteiger charge is -2.41. The second-order valence-electron chi connectivity index (χ2n) is 4.30. The van der Waals surface area contributed by atoms with Crippen LogP contribution in [0.4, 0.5) is 0 Å². The van der Waals surface area contributed by atoms with Crippen LogP contribution in [-0.4, -0.2) is 41.1 Å². The molecule has 0 spiro atoms. The quantitative estimate of drug-likeness (QED) is 0.692. The Labute approximate surface area is 85.2 Å². The van der Waals surface area contributed by atoms with E-state index in [1.54, 1.807) is 0 Å². The fourth-order valence-electron chi connectivity index (χ4n) is 2.50. The van der Waals surface area contributed by atoms with Gasteiger partial charge in [-0.05, 0) is 38.5 Å². The predicted octanol–water partition coefficient (Wildman–Crippen LogP) is 1.30. The summed E-state index contributed by atoms with van der Waals surface area (Å²) in [5.41, 5.74) is 6.09. The summed E-state index contributed by atoms with van der Waals surface area (Å²) in [6.45, 7) is 3.58. The molecular weight excluding hydrogens is 180 g/mol. The SMILES string of the molecule is CC1C(N)CCCN1C1CCSC1. The average molecular weight is 200 g/mol. The van der Waals surface area contributed by atoms with Crippen molar-refractivity contribution in [3.63, 3.8) is 0 Å². The number of hydrogen-bond donors (Lipinski definition) is 1. The van der Waals surface area contributed by atoms with E-state index in [9.17, 15) is 0 Å². The monoisotopic (exact) mass is 200 g/mol. The van der Waals surface area contributed by atoms with Crippen LogP contribution < -0.4 is 5.73 Å². The Kier molecular flexibility index (Phi) is 3.17. The lowest BCUT2D eigenvalue weighted by Crippen LogP contribution is -2.54. The van der Waals surface area contributed by atoms with Crippen LogP contribution in [0.2, 0.25) is 0 Å². The molecule has 2 nitrogen and oxygen atoms in total. The van der Waals surface area contributed by atoms with Gasteiger partial charge in [-0.2, -0.15) is 11.8 Å². The van der Waals surface area contributed by atoms with E-state index in [0.717, 1.165) is 6.04 Å². The Morgan fingerprint density at radius 2 is 2.23 bits per heavy atom. The van der Waals surface area contributed by atoms with Gasteiger partial charge in [-0.3, -0.25) is 4.90 Å². The molecule has 76 valence electrons. The van der Waals surface area contributed by atoms with E-state index in [4.69, 9.17) is 5.73 Å². The number of piperidine rings is 1. The number of nitrogens with zero attached hydrogens (tertiary/aromatic N) is 1. The van der Waals surface area contributed by atoms with Crippen LogP contribution >= 0.6 is 11.8 Å². The van der Waals surface area contributed by atoms with Crippen LogP contribution in [0.15, 0.2) is 0 Å². The van der Waals surface area contributed by atoms with Crippen LogP contribution in [0, 0.1) is 0 Å². The Balaban J connectivity index is 1.95. The zero-order chi connectivity index (χ0) is 9.26. The fraction of sp³-hybridized carbons (Fsp3) is 1.00. The number of nitrogens with two attached hydrogens (primary N) is 1. The summed E-state index contributed by atoms with van der Waals surface area (Å²) in [5, 5.41) is 0. The van der Waals surface area contributed by atoms with Crippen molar-refractivity contribution in [1.82, 2.24) is 4.90 Å². The van der Waals surface area contributed by atoms with Crippen molar-refractivity contribution in [2.24, 2.45) is 5.73 Å². The van der Waals surface area contributed by atoms with Crippen molar-refractivity contribution in [2.45, 2.75) is 44.3 Å². The number of hydrogen-bond acceptors (Lipinski definition) is 3. The van der Waals surface area contributed by atoms with Gasteiger partial charge in [-0.15, -0.1) is 0 Å². The first-order valence-corrected chi connectivity index (χ1v) is 6.53. The van der Waals surface area contributed by atoms with Crippen LogP contribution in [0.25, 0.3) is 0 Å². The summed E-state index contributed by atoms with van der Waals surface area (Å²) < 4.78 is 0. The molecule has 3 unspecified atom stereocenters. The van der Waals surface area contributed by atoms with E-state index in [1.165, 1.54) is 37.3 Å². The highest BCUT2D eigenvalue weighted by Crippen LogP contribution is 2.27. The molecule has 13 heavy (non-hydrogen) atoms. The third-order valence-electron chi connectivity index (χ3n) is 3.47. The van der Waals surface area contributed by atoms with Crippen molar-refractivity contribution in [1.29, 1.82) is 0 Å². The van der Waals surface area contributed by atoms with E-state index in [2.05, 4.69) is 23.6 Å². The van der Waals surface area contributed by atoms with Gasteiger partial charge in [0.2, 0.25) is 0 Å². The zero-order valence-corrected chi connectivity index (χ0v) is 9.22. The second kappa shape index (κ2) is 4.20. The summed E-state index contributed by atoms with van der Waals surface area (Å²) in [7, 11) is 0. The van der Waals surface area contributed by atoms with Crippen LogP contribution in [0.3, 0.4) is 0 Å². The van der Waals surface area contributed by atoms with Gasteiger partial charge in [-0.1, -0.05) is 0 Å². The molecule has 0 aromatic heterocycles. The van der Waals surface area contributed by atoms with Crippen molar-refractivity contribution in [2.75, 3.05) is 18.1 Å². The summed E-state index contributed by atoms with van der Waals surface area (Å²) >= 11 is 2.10. The molecule has 0 aromatic rings. The molecule has 0 aromatic carbocycles. The maximum absolute atomic E-state index is 6.09. The summed E-state index contributed by atoms with van der Waals surface area (Å²) in [5.74, 6) is 2.68. The van der Waals surface area contributed by atoms with Crippen molar-refractivity contribution in [3.8, 4) is 0 Å². The third-order valence-corrected chi connectivity index (χ3v) is 4.62. The molecule has 0 radical (unpaired) electrons. The Hall–Kier alpha value is 0.270. The maximum Gasteiger partial charge on any atom is 0.0222 e. The van der Waals surface area contributed by atoms with Crippen LogP contribution in [-0.2, 0) is 0 Å². The minimum Gasteiger partial charge on any atom is -0.326 e. The first-order chi connectivity index (χ1) is 6.29. The molecule has 2 heterocycles. The molecule has 2 aliphatic heterocycles. The summed E-state index contributed by atoms with van der Waals surface area (Å²) in [6, 6.07) is 1.85. The van der Waals surface area contributed by atoms with E-state index in [1.807, 2.05) is 0 Å². The van der Waals surface area contributed by atoms with Crippen molar-refractivity contribution < 1.29 is 0 Å². The Bertz CT molecular complexity index is 166. The van der Waals surface area contributed by atoms with Gasteiger partial charge in [0.25, 0.3) is 0 Å². The molecule has 2 saturated heterocycles. The summed E-state index contributed by atoms with van der Waals surface area (Å²) in [4.78, 5) is 2.65. The van der Waals surface area contributed by atoms with Crippen LogP contribution in [0.5, 0.6) is 0 Å².